The Bertz CT molecular complexity index is 1090. The molecule has 3 aromatic carbocycles. The van der Waals surface area contributed by atoms with E-state index in [4.69, 9.17) is 44.3 Å². The minimum Gasteiger partial charge on any atom is -0.490 e. The molecule has 0 fully saturated rings. The number of anilines is 1. The average molecular weight is 481 g/mol. The molecule has 0 saturated heterocycles. The first-order valence-corrected chi connectivity index (χ1v) is 10.6. The van der Waals surface area contributed by atoms with Crippen molar-refractivity contribution in [1.82, 2.24) is 0 Å². The molecule has 0 radical (unpaired) electrons. The lowest BCUT2D eigenvalue weighted by Crippen LogP contribution is -2.05. The van der Waals surface area contributed by atoms with Crippen molar-refractivity contribution in [2.75, 3.05) is 11.9 Å². The lowest BCUT2D eigenvalue weighted by atomic mass is 10.1. The summed E-state index contributed by atoms with van der Waals surface area (Å²) in [4.78, 5) is 11.2. The molecule has 31 heavy (non-hydrogen) atoms. The lowest BCUT2D eigenvalue weighted by Gasteiger charge is -2.16. The molecule has 0 amide bonds. The average Bonchev–Trinajstić information content (AvgIpc) is 2.73. The molecule has 0 spiro atoms. The van der Waals surface area contributed by atoms with Gasteiger partial charge in [-0.2, -0.15) is 0 Å². The number of ether oxygens (including phenoxy) is 2. The van der Waals surface area contributed by atoms with Gasteiger partial charge in [0.15, 0.2) is 11.5 Å². The number of nitrogens with one attached hydrogen (secondary N) is 1. The van der Waals surface area contributed by atoms with Crippen LogP contribution >= 0.6 is 34.8 Å². The van der Waals surface area contributed by atoms with Gasteiger partial charge in [0.1, 0.15) is 6.61 Å². The third-order valence-electron chi connectivity index (χ3n) is 4.38. The van der Waals surface area contributed by atoms with Crippen LogP contribution in [0.4, 0.5) is 5.69 Å². The largest absolute Gasteiger partial charge is 0.490 e. The number of carboxylic acid groups (broad SMARTS) is 1. The van der Waals surface area contributed by atoms with Crippen LogP contribution in [0.1, 0.15) is 28.4 Å². The maximum atomic E-state index is 11.2. The summed E-state index contributed by atoms with van der Waals surface area (Å²) >= 11 is 18.7. The van der Waals surface area contributed by atoms with E-state index < -0.39 is 5.97 Å². The Morgan fingerprint density at radius 2 is 1.74 bits per heavy atom. The molecular weight excluding hydrogens is 461 g/mol. The molecule has 5 nitrogen and oxygen atoms in total. The quantitative estimate of drug-likeness (QED) is 0.347. The Morgan fingerprint density at radius 1 is 0.968 bits per heavy atom. The smallest absolute Gasteiger partial charge is 0.335 e. The number of aromatic carboxylic acids is 1. The van der Waals surface area contributed by atoms with Gasteiger partial charge in [-0.1, -0.05) is 46.9 Å². The fourth-order valence-corrected chi connectivity index (χ4v) is 3.48. The Balaban J connectivity index is 1.78. The van der Waals surface area contributed by atoms with E-state index in [1.807, 2.05) is 25.1 Å². The zero-order chi connectivity index (χ0) is 22.4. The summed E-state index contributed by atoms with van der Waals surface area (Å²) in [6, 6.07) is 15.4. The summed E-state index contributed by atoms with van der Waals surface area (Å²) in [5.41, 5.74) is 2.30. The maximum Gasteiger partial charge on any atom is 0.335 e. The Kier molecular flexibility index (Phi) is 7.91. The van der Waals surface area contributed by atoms with Crippen LogP contribution in [-0.2, 0) is 13.2 Å². The van der Waals surface area contributed by atoms with Gasteiger partial charge in [0, 0.05) is 22.7 Å². The van der Waals surface area contributed by atoms with Gasteiger partial charge in [-0.3, -0.25) is 0 Å². The van der Waals surface area contributed by atoms with Crippen molar-refractivity contribution in [3.8, 4) is 11.5 Å². The zero-order valence-corrected chi connectivity index (χ0v) is 18.9. The normalized spacial score (nSPS) is 10.6. The highest BCUT2D eigenvalue weighted by Crippen LogP contribution is 2.35. The number of benzene rings is 3. The van der Waals surface area contributed by atoms with E-state index in [0.717, 1.165) is 11.1 Å². The number of hydrogen-bond donors (Lipinski definition) is 2. The molecule has 8 heteroatoms. The first kappa shape index (κ1) is 23.1. The first-order chi connectivity index (χ1) is 14.9. The third kappa shape index (κ3) is 6.20. The highest BCUT2D eigenvalue weighted by molar-refractivity contribution is 6.33. The third-order valence-corrected chi connectivity index (χ3v) is 5.30. The molecule has 2 N–H and O–H groups in total. The van der Waals surface area contributed by atoms with E-state index in [0.29, 0.717) is 52.0 Å². The topological polar surface area (TPSA) is 67.8 Å². The molecule has 3 aromatic rings. The van der Waals surface area contributed by atoms with Crippen molar-refractivity contribution in [3.05, 3.63) is 86.4 Å². The van der Waals surface area contributed by atoms with Crippen molar-refractivity contribution in [2.24, 2.45) is 0 Å². The van der Waals surface area contributed by atoms with Gasteiger partial charge >= 0.3 is 5.97 Å². The van der Waals surface area contributed by atoms with Gasteiger partial charge in [-0.15, -0.1) is 0 Å². The monoisotopic (exact) mass is 479 g/mol. The fraction of sp³-hybridized carbons (Fsp3) is 0.174. The van der Waals surface area contributed by atoms with Gasteiger partial charge in [-0.25, -0.2) is 4.79 Å². The second kappa shape index (κ2) is 10.6. The molecule has 0 unspecified atom stereocenters. The summed E-state index contributed by atoms with van der Waals surface area (Å²) in [6.45, 7) is 2.96. The number of carbonyl (C=O) groups is 1. The molecule has 0 atom stereocenters. The van der Waals surface area contributed by atoms with Crippen LogP contribution in [0.3, 0.4) is 0 Å². The van der Waals surface area contributed by atoms with Gasteiger partial charge < -0.3 is 19.9 Å². The second-order valence-electron chi connectivity index (χ2n) is 6.60. The summed E-state index contributed by atoms with van der Waals surface area (Å²) in [5.74, 6) is 0.0372. The van der Waals surface area contributed by atoms with Crippen molar-refractivity contribution < 1.29 is 19.4 Å². The van der Waals surface area contributed by atoms with E-state index in [-0.39, 0.29) is 5.56 Å². The number of hydrogen-bond acceptors (Lipinski definition) is 4. The van der Waals surface area contributed by atoms with Crippen LogP contribution in [0.25, 0.3) is 0 Å². The number of rotatable bonds is 9. The van der Waals surface area contributed by atoms with Crippen molar-refractivity contribution in [3.63, 3.8) is 0 Å². The molecule has 0 aliphatic heterocycles. The van der Waals surface area contributed by atoms with Crippen LogP contribution in [0.5, 0.6) is 11.5 Å². The lowest BCUT2D eigenvalue weighted by molar-refractivity contribution is 0.0697. The molecule has 0 bridgehead atoms. The van der Waals surface area contributed by atoms with Crippen LogP contribution < -0.4 is 14.8 Å². The van der Waals surface area contributed by atoms with Gasteiger partial charge in [-0.05, 0) is 54.4 Å². The first-order valence-electron chi connectivity index (χ1n) is 9.46. The highest BCUT2D eigenvalue weighted by atomic mass is 35.5. The van der Waals surface area contributed by atoms with E-state index in [9.17, 15) is 9.90 Å². The summed E-state index contributed by atoms with van der Waals surface area (Å²) in [6.07, 6.45) is 0. The Hall–Kier alpha value is -2.60. The van der Waals surface area contributed by atoms with E-state index >= 15 is 0 Å². The molecule has 0 heterocycles. The molecule has 0 saturated carbocycles. The number of carboxylic acids is 1. The van der Waals surface area contributed by atoms with Crippen LogP contribution in [0, 0.1) is 0 Å². The summed E-state index contributed by atoms with van der Waals surface area (Å²) < 4.78 is 11.6. The molecule has 0 aromatic heterocycles. The van der Waals surface area contributed by atoms with Crippen LogP contribution in [0.2, 0.25) is 15.1 Å². The fourth-order valence-electron chi connectivity index (χ4n) is 2.87. The highest BCUT2D eigenvalue weighted by Gasteiger charge is 2.13. The van der Waals surface area contributed by atoms with E-state index in [1.165, 1.54) is 18.2 Å². The predicted octanol–water partition coefficient (Wildman–Crippen LogP) is 6.93. The van der Waals surface area contributed by atoms with Gasteiger partial charge in [0.2, 0.25) is 0 Å². The number of halogens is 3. The van der Waals surface area contributed by atoms with Gasteiger partial charge in [0.25, 0.3) is 0 Å². The molecule has 3 rings (SSSR count). The Labute approximate surface area is 195 Å². The van der Waals surface area contributed by atoms with Crippen molar-refractivity contribution in [1.29, 1.82) is 0 Å². The maximum absolute atomic E-state index is 11.2. The van der Waals surface area contributed by atoms with E-state index in [1.54, 1.807) is 18.2 Å². The van der Waals surface area contributed by atoms with Gasteiger partial charge in [0.05, 0.1) is 22.9 Å². The zero-order valence-electron chi connectivity index (χ0n) is 16.6. The van der Waals surface area contributed by atoms with Crippen LogP contribution in [0.15, 0.2) is 54.6 Å². The molecule has 0 aliphatic rings. The Morgan fingerprint density at radius 3 is 2.45 bits per heavy atom. The second-order valence-corrected chi connectivity index (χ2v) is 7.85. The standard InChI is InChI=1S/C23H20Cl3NO4/c1-2-30-21-10-16(12-27-20-9-15(23(28)29)6-7-18(20)25)19(26)11-22(21)31-13-14-4-3-5-17(24)8-14/h3-11,27H,2,12-13H2,1H3,(H,28,29). The van der Waals surface area contributed by atoms with Crippen molar-refractivity contribution >= 4 is 46.5 Å². The SMILES string of the molecule is CCOc1cc(CNc2cc(C(=O)O)ccc2Cl)c(Cl)cc1OCc1cccc(Cl)c1. The molecule has 162 valence electrons. The van der Waals surface area contributed by atoms with E-state index in [2.05, 4.69) is 5.32 Å². The molecule has 0 aliphatic carbocycles. The molecular formula is C23H20Cl3NO4. The predicted molar refractivity (Wildman–Crippen MR) is 124 cm³/mol. The minimum atomic E-state index is -1.03. The van der Waals surface area contributed by atoms with Crippen LogP contribution in [-0.4, -0.2) is 17.7 Å². The minimum absolute atomic E-state index is 0.137. The van der Waals surface area contributed by atoms with Crippen molar-refractivity contribution in [2.45, 2.75) is 20.1 Å². The summed E-state index contributed by atoms with van der Waals surface area (Å²) in [7, 11) is 0. The summed E-state index contributed by atoms with van der Waals surface area (Å²) in [5, 5.41) is 13.8.